The van der Waals surface area contributed by atoms with Crippen molar-refractivity contribution in [2.24, 2.45) is 5.92 Å². The summed E-state index contributed by atoms with van der Waals surface area (Å²) in [5.74, 6) is -0.934. The predicted octanol–water partition coefficient (Wildman–Crippen LogP) is 4.27. The Labute approximate surface area is 183 Å². The van der Waals surface area contributed by atoms with Crippen molar-refractivity contribution in [3.63, 3.8) is 0 Å². The molecule has 2 aromatic rings. The molecule has 6 nitrogen and oxygen atoms in total. The topological polar surface area (TPSA) is 58.4 Å². The molecule has 1 aliphatic rings. The summed E-state index contributed by atoms with van der Waals surface area (Å²) in [6.45, 7) is 5.44. The Morgan fingerprint density at radius 3 is 2.39 bits per heavy atom. The van der Waals surface area contributed by atoms with Crippen molar-refractivity contribution in [2.75, 3.05) is 26.2 Å². The van der Waals surface area contributed by atoms with Crippen LogP contribution in [0.15, 0.2) is 30.5 Å². The second-order valence-corrected chi connectivity index (χ2v) is 7.81. The monoisotopic (exact) mass is 456 g/mol. The van der Waals surface area contributed by atoms with E-state index in [0.29, 0.717) is 30.6 Å². The molecule has 0 unspecified atom stereocenters. The van der Waals surface area contributed by atoms with Gasteiger partial charge >= 0.3 is 6.18 Å². The van der Waals surface area contributed by atoms with E-state index in [-0.39, 0.29) is 35.6 Å². The van der Waals surface area contributed by atoms with E-state index in [0.717, 1.165) is 6.20 Å². The van der Waals surface area contributed by atoms with Crippen LogP contribution in [-0.4, -0.2) is 57.6 Å². The number of hydrogen-bond acceptors (Lipinski definition) is 3. The van der Waals surface area contributed by atoms with Crippen molar-refractivity contribution in [2.45, 2.75) is 32.9 Å². The largest absolute Gasteiger partial charge is 0.434 e. The smallest absolute Gasteiger partial charge is 0.343 e. The van der Waals surface area contributed by atoms with E-state index in [1.807, 2.05) is 13.8 Å². The lowest BCUT2D eigenvalue weighted by Crippen LogP contribution is -2.44. The second kappa shape index (κ2) is 9.30. The first kappa shape index (κ1) is 23.1. The van der Waals surface area contributed by atoms with Crippen LogP contribution in [0, 0.1) is 5.92 Å². The zero-order valence-electron chi connectivity index (χ0n) is 17.3. The van der Waals surface area contributed by atoms with Gasteiger partial charge in [0.05, 0.1) is 17.4 Å². The minimum Gasteiger partial charge on any atom is -0.343 e. The molecule has 3 rings (SSSR count). The summed E-state index contributed by atoms with van der Waals surface area (Å²) in [7, 11) is 0. The lowest BCUT2D eigenvalue weighted by atomic mass is 9.94. The number of piperidine rings is 1. The molecule has 31 heavy (non-hydrogen) atoms. The molecule has 2 amide bonds. The first-order valence-corrected chi connectivity index (χ1v) is 10.5. The quantitative estimate of drug-likeness (QED) is 0.675. The summed E-state index contributed by atoms with van der Waals surface area (Å²) >= 11 is 5.91. The normalized spacial score (nSPS) is 15.2. The zero-order chi connectivity index (χ0) is 22.8. The van der Waals surface area contributed by atoms with Crippen LogP contribution in [-0.2, 0) is 11.0 Å². The first-order chi connectivity index (χ1) is 14.7. The van der Waals surface area contributed by atoms with Crippen LogP contribution in [0.5, 0.6) is 0 Å². The number of carbonyl (C=O) groups is 2. The van der Waals surface area contributed by atoms with Gasteiger partial charge in [-0.05, 0) is 44.9 Å². The van der Waals surface area contributed by atoms with E-state index in [1.54, 1.807) is 4.90 Å². The van der Waals surface area contributed by atoms with Crippen LogP contribution in [0.2, 0.25) is 5.02 Å². The fourth-order valence-electron chi connectivity index (χ4n) is 3.87. The van der Waals surface area contributed by atoms with Gasteiger partial charge in [-0.15, -0.1) is 0 Å². The van der Waals surface area contributed by atoms with Gasteiger partial charge in [0.25, 0.3) is 5.91 Å². The third-order valence-corrected chi connectivity index (χ3v) is 5.76. The minimum absolute atomic E-state index is 0.0295. The molecule has 0 saturated carbocycles. The highest BCUT2D eigenvalue weighted by atomic mass is 35.5. The molecule has 10 heteroatoms. The number of amides is 2. The van der Waals surface area contributed by atoms with E-state index in [9.17, 15) is 22.8 Å². The van der Waals surface area contributed by atoms with Crippen LogP contribution in [0.4, 0.5) is 13.2 Å². The molecule has 0 N–H and O–H groups in total. The second-order valence-electron chi connectivity index (χ2n) is 7.37. The van der Waals surface area contributed by atoms with Crippen molar-refractivity contribution >= 4 is 23.4 Å². The zero-order valence-corrected chi connectivity index (χ0v) is 18.1. The number of carbonyl (C=O) groups excluding carboxylic acids is 2. The number of hydrogen-bond donors (Lipinski definition) is 0. The SMILES string of the molecule is CCN(CC)C(=O)C1CCN(C(=O)c2cnn(-c3cccc(Cl)c3)c2C(F)(F)F)CC1. The maximum atomic E-state index is 13.9. The van der Waals surface area contributed by atoms with Crippen LogP contribution < -0.4 is 0 Å². The molecule has 168 valence electrons. The predicted molar refractivity (Wildman–Crippen MR) is 110 cm³/mol. The molecular weight excluding hydrogens is 433 g/mol. The van der Waals surface area contributed by atoms with Crippen molar-refractivity contribution in [1.29, 1.82) is 0 Å². The minimum atomic E-state index is -4.79. The molecule has 0 atom stereocenters. The van der Waals surface area contributed by atoms with Crippen molar-refractivity contribution in [3.05, 3.63) is 46.7 Å². The number of likely N-dealkylation sites (tertiary alicyclic amines) is 1. The maximum absolute atomic E-state index is 13.9. The third kappa shape index (κ3) is 4.87. The first-order valence-electron chi connectivity index (χ1n) is 10.2. The maximum Gasteiger partial charge on any atom is 0.434 e. The van der Waals surface area contributed by atoms with Crippen molar-refractivity contribution in [1.82, 2.24) is 19.6 Å². The highest BCUT2D eigenvalue weighted by molar-refractivity contribution is 6.30. The van der Waals surface area contributed by atoms with Gasteiger partial charge < -0.3 is 9.80 Å². The van der Waals surface area contributed by atoms with Gasteiger partial charge in [-0.1, -0.05) is 17.7 Å². The molecule has 1 saturated heterocycles. The van der Waals surface area contributed by atoms with Gasteiger partial charge in [0, 0.05) is 37.1 Å². The highest BCUT2D eigenvalue weighted by Gasteiger charge is 2.42. The Morgan fingerprint density at radius 1 is 1.19 bits per heavy atom. The summed E-state index contributed by atoms with van der Waals surface area (Å²) in [6, 6.07) is 5.84. The number of benzene rings is 1. The average Bonchev–Trinajstić information content (AvgIpc) is 3.20. The third-order valence-electron chi connectivity index (χ3n) is 5.53. The molecule has 0 spiro atoms. The van der Waals surface area contributed by atoms with Gasteiger partial charge in [0.1, 0.15) is 0 Å². The summed E-state index contributed by atoms with van der Waals surface area (Å²) < 4.78 is 42.3. The van der Waals surface area contributed by atoms with E-state index in [1.165, 1.54) is 29.2 Å². The Bertz CT molecular complexity index is 948. The van der Waals surface area contributed by atoms with Crippen LogP contribution in [0.3, 0.4) is 0 Å². The van der Waals surface area contributed by atoms with Gasteiger partial charge in [0.15, 0.2) is 5.69 Å². The van der Waals surface area contributed by atoms with Crippen molar-refractivity contribution in [3.8, 4) is 5.69 Å². The molecule has 2 heterocycles. The van der Waals surface area contributed by atoms with Crippen LogP contribution >= 0.6 is 11.6 Å². The van der Waals surface area contributed by atoms with Gasteiger partial charge in [-0.2, -0.15) is 18.3 Å². The standard InChI is InChI=1S/C21H24ClF3N4O2/c1-3-27(4-2)19(30)14-8-10-28(11-9-14)20(31)17-13-26-29(18(17)21(23,24)25)16-7-5-6-15(22)12-16/h5-7,12-14H,3-4,8-11H2,1-2H3. The molecule has 0 radical (unpaired) electrons. The van der Waals surface area contributed by atoms with E-state index >= 15 is 0 Å². The van der Waals surface area contributed by atoms with E-state index in [2.05, 4.69) is 5.10 Å². The summed E-state index contributed by atoms with van der Waals surface area (Å²) in [4.78, 5) is 28.6. The van der Waals surface area contributed by atoms with Crippen molar-refractivity contribution < 1.29 is 22.8 Å². The number of nitrogens with zero attached hydrogens (tertiary/aromatic N) is 4. The molecular formula is C21H24ClF3N4O2. The lowest BCUT2D eigenvalue weighted by molar-refractivity contribution is -0.143. The highest BCUT2D eigenvalue weighted by Crippen LogP contribution is 2.35. The Morgan fingerprint density at radius 2 is 1.84 bits per heavy atom. The van der Waals surface area contributed by atoms with E-state index < -0.39 is 23.3 Å². The van der Waals surface area contributed by atoms with Gasteiger partial charge in [0.2, 0.25) is 5.91 Å². The Hall–Kier alpha value is -2.55. The number of rotatable bonds is 5. The van der Waals surface area contributed by atoms with Gasteiger partial charge in [-0.25, -0.2) is 4.68 Å². The number of aromatic nitrogens is 2. The summed E-state index contributed by atoms with van der Waals surface area (Å²) in [5.41, 5.74) is -1.54. The van der Waals surface area contributed by atoms with Crippen LogP contribution in [0.1, 0.15) is 42.7 Å². The Kier molecular flexibility index (Phi) is 6.93. The molecule has 1 aromatic carbocycles. The molecule has 1 aromatic heterocycles. The number of halogens is 4. The molecule has 0 aliphatic carbocycles. The lowest BCUT2D eigenvalue weighted by Gasteiger charge is -2.33. The average molecular weight is 457 g/mol. The summed E-state index contributed by atoms with van der Waals surface area (Å²) in [6.07, 6.45) is -3.00. The fourth-order valence-corrected chi connectivity index (χ4v) is 4.06. The summed E-state index contributed by atoms with van der Waals surface area (Å²) in [5, 5.41) is 4.09. The Balaban J connectivity index is 1.82. The van der Waals surface area contributed by atoms with E-state index in [4.69, 9.17) is 11.6 Å². The molecule has 1 aliphatic heterocycles. The molecule has 0 bridgehead atoms. The van der Waals surface area contributed by atoms with Gasteiger partial charge in [-0.3, -0.25) is 9.59 Å². The fraction of sp³-hybridized carbons (Fsp3) is 0.476. The molecule has 1 fully saturated rings. The number of alkyl halides is 3. The van der Waals surface area contributed by atoms with Crippen LogP contribution in [0.25, 0.3) is 5.69 Å².